The maximum atomic E-state index is 12.3. The van der Waals surface area contributed by atoms with Crippen LogP contribution >= 0.6 is 11.8 Å². The Bertz CT molecular complexity index is 1080. The molecule has 0 fully saturated rings. The Hall–Kier alpha value is -3.26. The highest BCUT2D eigenvalue weighted by molar-refractivity contribution is 8.00. The second kappa shape index (κ2) is 9.49. The van der Waals surface area contributed by atoms with E-state index in [4.69, 9.17) is 9.47 Å². The van der Waals surface area contributed by atoms with E-state index in [0.717, 1.165) is 21.5 Å². The van der Waals surface area contributed by atoms with Crippen molar-refractivity contribution in [2.24, 2.45) is 0 Å². The summed E-state index contributed by atoms with van der Waals surface area (Å²) in [7, 11) is 3.18. The molecule has 0 aliphatic rings. The van der Waals surface area contributed by atoms with Gasteiger partial charge in [0.2, 0.25) is 11.8 Å². The standard InChI is InChI=1S/C22H23N3O4S/c1-13-9-15-10-19(28-3)20(29-4)11-18(15)25-22(13)30-12-21(27)24-17-7-5-16(6-8-17)23-14(2)26/h5-11H,12H2,1-4H3,(H,23,26)(H,24,27). The maximum Gasteiger partial charge on any atom is 0.234 e. The van der Waals surface area contributed by atoms with E-state index in [1.807, 2.05) is 25.1 Å². The first-order chi connectivity index (χ1) is 14.4. The Balaban J connectivity index is 1.67. The number of benzene rings is 2. The first-order valence-corrected chi connectivity index (χ1v) is 10.2. The van der Waals surface area contributed by atoms with E-state index in [0.29, 0.717) is 22.9 Å². The largest absolute Gasteiger partial charge is 0.493 e. The van der Waals surface area contributed by atoms with Gasteiger partial charge >= 0.3 is 0 Å². The van der Waals surface area contributed by atoms with E-state index < -0.39 is 0 Å². The lowest BCUT2D eigenvalue weighted by atomic mass is 10.1. The third-order valence-electron chi connectivity index (χ3n) is 4.29. The minimum absolute atomic E-state index is 0.138. The van der Waals surface area contributed by atoms with Crippen LogP contribution in [0.25, 0.3) is 10.9 Å². The van der Waals surface area contributed by atoms with Crippen LogP contribution in [0.3, 0.4) is 0 Å². The third kappa shape index (κ3) is 5.21. The second-order valence-electron chi connectivity index (χ2n) is 6.61. The van der Waals surface area contributed by atoms with E-state index in [9.17, 15) is 9.59 Å². The molecule has 0 unspecified atom stereocenters. The van der Waals surface area contributed by atoms with Crippen LogP contribution in [-0.2, 0) is 9.59 Å². The lowest BCUT2D eigenvalue weighted by Crippen LogP contribution is -2.14. The molecule has 0 radical (unpaired) electrons. The van der Waals surface area contributed by atoms with Crippen molar-refractivity contribution in [1.82, 2.24) is 4.98 Å². The normalized spacial score (nSPS) is 10.5. The molecule has 1 aromatic heterocycles. The van der Waals surface area contributed by atoms with Gasteiger partial charge in [-0.3, -0.25) is 9.59 Å². The molecule has 3 aromatic rings. The van der Waals surface area contributed by atoms with Crippen molar-refractivity contribution >= 4 is 45.9 Å². The van der Waals surface area contributed by atoms with Crippen LogP contribution in [0.5, 0.6) is 11.5 Å². The number of anilines is 2. The van der Waals surface area contributed by atoms with E-state index >= 15 is 0 Å². The molecule has 8 heteroatoms. The molecule has 0 aliphatic heterocycles. The Labute approximate surface area is 179 Å². The lowest BCUT2D eigenvalue weighted by molar-refractivity contribution is -0.114. The van der Waals surface area contributed by atoms with Gasteiger partial charge in [0.15, 0.2) is 11.5 Å². The van der Waals surface area contributed by atoms with Crippen LogP contribution in [0.2, 0.25) is 0 Å². The monoisotopic (exact) mass is 425 g/mol. The fourth-order valence-electron chi connectivity index (χ4n) is 2.91. The van der Waals surface area contributed by atoms with Crippen LogP contribution in [0.4, 0.5) is 11.4 Å². The number of amides is 2. The molecule has 0 saturated heterocycles. The smallest absolute Gasteiger partial charge is 0.234 e. The number of methoxy groups -OCH3 is 2. The van der Waals surface area contributed by atoms with Crippen molar-refractivity contribution < 1.29 is 19.1 Å². The van der Waals surface area contributed by atoms with Crippen LogP contribution in [0, 0.1) is 6.92 Å². The first-order valence-electron chi connectivity index (χ1n) is 9.23. The Kier molecular flexibility index (Phi) is 6.79. The zero-order chi connectivity index (χ0) is 21.7. The molecule has 0 saturated carbocycles. The van der Waals surface area contributed by atoms with Gasteiger partial charge in [-0.05, 0) is 48.9 Å². The average molecular weight is 426 g/mol. The molecular weight excluding hydrogens is 402 g/mol. The number of ether oxygens (including phenoxy) is 2. The van der Waals surface area contributed by atoms with Gasteiger partial charge < -0.3 is 20.1 Å². The molecule has 7 nitrogen and oxygen atoms in total. The highest BCUT2D eigenvalue weighted by atomic mass is 32.2. The summed E-state index contributed by atoms with van der Waals surface area (Å²) < 4.78 is 10.7. The molecule has 2 N–H and O–H groups in total. The van der Waals surface area contributed by atoms with E-state index in [1.54, 1.807) is 38.5 Å². The van der Waals surface area contributed by atoms with Crippen molar-refractivity contribution in [3.8, 4) is 11.5 Å². The van der Waals surface area contributed by atoms with Gasteiger partial charge in [-0.15, -0.1) is 0 Å². The molecule has 0 spiro atoms. The van der Waals surface area contributed by atoms with Gasteiger partial charge in [0.05, 0.1) is 25.5 Å². The van der Waals surface area contributed by atoms with Crippen molar-refractivity contribution in [2.75, 3.05) is 30.6 Å². The number of carbonyl (C=O) groups is 2. The third-order valence-corrected chi connectivity index (χ3v) is 5.39. The predicted molar refractivity (Wildman–Crippen MR) is 120 cm³/mol. The summed E-state index contributed by atoms with van der Waals surface area (Å²) in [6.07, 6.45) is 0. The molecule has 3 rings (SSSR count). The SMILES string of the molecule is COc1cc2cc(C)c(SCC(=O)Nc3ccc(NC(C)=O)cc3)nc2cc1OC. The van der Waals surface area contributed by atoms with Gasteiger partial charge in [0.1, 0.15) is 5.03 Å². The fourth-order valence-corrected chi connectivity index (χ4v) is 3.70. The maximum absolute atomic E-state index is 12.3. The number of pyridine rings is 1. The minimum Gasteiger partial charge on any atom is -0.493 e. The van der Waals surface area contributed by atoms with Crippen LogP contribution in [0.15, 0.2) is 47.5 Å². The Morgan fingerprint density at radius 2 is 1.57 bits per heavy atom. The molecule has 2 amide bonds. The van der Waals surface area contributed by atoms with E-state index in [-0.39, 0.29) is 17.6 Å². The number of nitrogens with zero attached hydrogens (tertiary/aromatic N) is 1. The summed E-state index contributed by atoms with van der Waals surface area (Å²) in [5, 5.41) is 7.26. The number of aromatic nitrogens is 1. The zero-order valence-corrected chi connectivity index (χ0v) is 18.1. The number of hydrogen-bond donors (Lipinski definition) is 2. The summed E-state index contributed by atoms with van der Waals surface area (Å²) in [4.78, 5) is 28.1. The molecule has 2 aromatic carbocycles. The van der Waals surface area contributed by atoms with Gasteiger partial charge in [0.25, 0.3) is 0 Å². The first kappa shape index (κ1) is 21.4. The van der Waals surface area contributed by atoms with Crippen molar-refractivity contribution in [1.29, 1.82) is 0 Å². The van der Waals surface area contributed by atoms with Crippen molar-refractivity contribution in [3.63, 3.8) is 0 Å². The zero-order valence-electron chi connectivity index (χ0n) is 17.2. The summed E-state index contributed by atoms with van der Waals surface area (Å²) in [5.74, 6) is 1.20. The molecular formula is C22H23N3O4S. The van der Waals surface area contributed by atoms with Gasteiger partial charge in [-0.2, -0.15) is 0 Å². The summed E-state index contributed by atoms with van der Waals surface area (Å²) in [6.45, 7) is 3.41. The quantitative estimate of drug-likeness (QED) is 0.550. The van der Waals surface area contributed by atoms with Gasteiger partial charge in [0, 0.05) is 29.8 Å². The Morgan fingerprint density at radius 3 is 2.17 bits per heavy atom. The predicted octanol–water partition coefficient (Wildman–Crippen LogP) is 4.25. The number of thioether (sulfide) groups is 1. The van der Waals surface area contributed by atoms with E-state index in [2.05, 4.69) is 15.6 Å². The number of hydrogen-bond acceptors (Lipinski definition) is 6. The van der Waals surface area contributed by atoms with Crippen LogP contribution in [-0.4, -0.2) is 36.8 Å². The average Bonchev–Trinajstić information content (AvgIpc) is 2.72. The van der Waals surface area contributed by atoms with Crippen molar-refractivity contribution in [2.45, 2.75) is 18.9 Å². The van der Waals surface area contributed by atoms with Crippen LogP contribution in [0.1, 0.15) is 12.5 Å². The lowest BCUT2D eigenvalue weighted by Gasteiger charge is -2.11. The molecule has 0 aliphatic carbocycles. The highest BCUT2D eigenvalue weighted by Crippen LogP contribution is 2.33. The van der Waals surface area contributed by atoms with E-state index in [1.165, 1.54) is 18.7 Å². The number of fused-ring (bicyclic) bond motifs is 1. The fraction of sp³-hybridized carbons (Fsp3) is 0.227. The van der Waals surface area contributed by atoms with Crippen LogP contribution < -0.4 is 20.1 Å². The topological polar surface area (TPSA) is 89.6 Å². The molecule has 0 atom stereocenters. The molecule has 30 heavy (non-hydrogen) atoms. The van der Waals surface area contributed by atoms with Gasteiger partial charge in [-0.25, -0.2) is 4.98 Å². The van der Waals surface area contributed by atoms with Crippen molar-refractivity contribution in [3.05, 3.63) is 48.0 Å². The molecule has 1 heterocycles. The second-order valence-corrected chi connectivity index (χ2v) is 7.57. The minimum atomic E-state index is -0.141. The number of nitrogens with one attached hydrogen (secondary N) is 2. The highest BCUT2D eigenvalue weighted by Gasteiger charge is 2.12. The number of carbonyl (C=O) groups excluding carboxylic acids is 2. The summed E-state index contributed by atoms with van der Waals surface area (Å²) in [6, 6.07) is 12.7. The molecule has 0 bridgehead atoms. The summed E-state index contributed by atoms with van der Waals surface area (Å²) >= 11 is 1.37. The number of aryl methyl sites for hydroxylation is 1. The Morgan fingerprint density at radius 1 is 0.967 bits per heavy atom. The summed E-state index contributed by atoms with van der Waals surface area (Å²) in [5.41, 5.74) is 3.09. The van der Waals surface area contributed by atoms with Gasteiger partial charge in [-0.1, -0.05) is 11.8 Å². The molecule has 156 valence electrons. The number of rotatable bonds is 7.